The highest BCUT2D eigenvalue weighted by molar-refractivity contribution is 5.66. The van der Waals surface area contributed by atoms with E-state index in [2.05, 4.69) is 15.4 Å². The van der Waals surface area contributed by atoms with Crippen molar-refractivity contribution in [2.45, 2.75) is 6.92 Å². The molecule has 0 bridgehead atoms. The number of nitrogens with one attached hydrogen (secondary N) is 1. The summed E-state index contributed by atoms with van der Waals surface area (Å²) in [5, 5.41) is 9.04. The molecule has 2 aromatic heterocycles. The first-order valence-electron chi connectivity index (χ1n) is 5.46. The van der Waals surface area contributed by atoms with Crippen molar-refractivity contribution < 1.29 is 5.11 Å². The molecule has 92 valence electrons. The summed E-state index contributed by atoms with van der Waals surface area (Å²) >= 11 is 0. The maximum atomic E-state index is 9.04. The summed E-state index contributed by atoms with van der Waals surface area (Å²) in [6.07, 6.45) is 5.29. The average Bonchev–Trinajstić information content (AvgIpc) is 2.82. The zero-order valence-corrected chi connectivity index (χ0v) is 9.67. The second-order valence-corrected chi connectivity index (χ2v) is 3.56. The largest absolute Gasteiger partial charge is 0.395 e. The summed E-state index contributed by atoms with van der Waals surface area (Å²) in [6.45, 7) is 3.33. The van der Waals surface area contributed by atoms with Crippen molar-refractivity contribution in [1.29, 1.82) is 0 Å². The van der Waals surface area contributed by atoms with Gasteiger partial charge in [-0.05, 0) is 6.92 Å². The van der Waals surface area contributed by atoms with Crippen LogP contribution in [0, 0.1) is 0 Å². The van der Waals surface area contributed by atoms with E-state index >= 15 is 0 Å². The van der Waals surface area contributed by atoms with Crippen molar-refractivity contribution in [3.63, 3.8) is 0 Å². The number of nitrogens with zero attached hydrogens (tertiary/aromatic N) is 4. The highest BCUT2D eigenvalue weighted by atomic mass is 16.3. The Morgan fingerprint density at radius 3 is 3.06 bits per heavy atom. The third-order valence-corrected chi connectivity index (χ3v) is 2.56. The van der Waals surface area contributed by atoms with Crippen molar-refractivity contribution >= 4 is 17.3 Å². The van der Waals surface area contributed by atoms with E-state index in [1.54, 1.807) is 12.4 Å². The zero-order valence-electron chi connectivity index (χ0n) is 9.67. The minimum atomic E-state index is 0.0721. The molecule has 0 atom stereocenters. The van der Waals surface area contributed by atoms with Gasteiger partial charge in [0.2, 0.25) is 0 Å². The normalized spacial score (nSPS) is 10.8. The van der Waals surface area contributed by atoms with Gasteiger partial charge in [-0.1, -0.05) is 0 Å². The number of hydrazine groups is 1. The van der Waals surface area contributed by atoms with Crippen LogP contribution in [0.2, 0.25) is 0 Å². The summed E-state index contributed by atoms with van der Waals surface area (Å²) < 4.78 is 1.84. The molecule has 0 aliphatic rings. The first kappa shape index (κ1) is 11.6. The Labute approximate surface area is 98.9 Å². The Balaban J connectivity index is 2.52. The summed E-state index contributed by atoms with van der Waals surface area (Å²) in [4.78, 5) is 10.6. The van der Waals surface area contributed by atoms with Crippen LogP contribution in [0.15, 0.2) is 18.6 Å². The molecule has 0 saturated carbocycles. The Kier molecular flexibility index (Phi) is 3.40. The fourth-order valence-electron chi connectivity index (χ4n) is 1.73. The predicted molar refractivity (Wildman–Crippen MR) is 65.8 cm³/mol. The maximum Gasteiger partial charge on any atom is 0.180 e. The first-order chi connectivity index (χ1) is 8.30. The third-order valence-electron chi connectivity index (χ3n) is 2.56. The molecule has 2 heterocycles. The zero-order chi connectivity index (χ0) is 12.3. The van der Waals surface area contributed by atoms with Crippen LogP contribution in [0.5, 0.6) is 0 Å². The maximum absolute atomic E-state index is 9.04. The highest BCUT2D eigenvalue weighted by Gasteiger charge is 2.12. The van der Waals surface area contributed by atoms with Gasteiger partial charge in [0.05, 0.1) is 12.8 Å². The number of imidazole rings is 1. The van der Waals surface area contributed by atoms with Crippen LogP contribution in [0.3, 0.4) is 0 Å². The third kappa shape index (κ3) is 2.15. The minimum Gasteiger partial charge on any atom is -0.395 e. The Hall–Kier alpha value is -1.86. The van der Waals surface area contributed by atoms with Gasteiger partial charge in [-0.3, -0.25) is 0 Å². The van der Waals surface area contributed by atoms with Crippen molar-refractivity contribution in [2.75, 3.05) is 30.0 Å². The first-order valence-corrected chi connectivity index (χ1v) is 5.46. The van der Waals surface area contributed by atoms with Gasteiger partial charge in [-0.2, -0.15) is 0 Å². The smallest absolute Gasteiger partial charge is 0.180 e. The lowest BCUT2D eigenvalue weighted by atomic mass is 10.4. The Morgan fingerprint density at radius 2 is 2.41 bits per heavy atom. The summed E-state index contributed by atoms with van der Waals surface area (Å²) in [7, 11) is 0. The summed E-state index contributed by atoms with van der Waals surface area (Å²) in [5.41, 5.74) is 3.27. The second kappa shape index (κ2) is 4.98. The molecular weight excluding hydrogens is 220 g/mol. The Morgan fingerprint density at radius 1 is 1.59 bits per heavy atom. The van der Waals surface area contributed by atoms with E-state index < -0.39 is 0 Å². The van der Waals surface area contributed by atoms with Gasteiger partial charge in [0.15, 0.2) is 17.3 Å². The standard InChI is InChI=1S/C10H16N6O/c1-2-15(5-6-17)10-9-12-3-4-16(9)7-8(13-10)14-11/h3-4,7,14,17H,2,5-6,11H2,1H3. The molecule has 0 aliphatic heterocycles. The van der Waals surface area contributed by atoms with E-state index in [-0.39, 0.29) is 6.61 Å². The number of aliphatic hydroxyl groups is 1. The molecule has 0 spiro atoms. The van der Waals surface area contributed by atoms with Crippen LogP contribution in [0.25, 0.3) is 5.65 Å². The molecule has 0 amide bonds. The molecule has 0 aliphatic carbocycles. The second-order valence-electron chi connectivity index (χ2n) is 3.56. The number of aliphatic hydroxyl groups excluding tert-OH is 1. The lowest BCUT2D eigenvalue weighted by Crippen LogP contribution is -2.28. The number of fused-ring (bicyclic) bond motifs is 1. The van der Waals surface area contributed by atoms with Gasteiger partial charge < -0.3 is 19.8 Å². The van der Waals surface area contributed by atoms with Crippen LogP contribution < -0.4 is 16.2 Å². The van der Waals surface area contributed by atoms with E-state index in [0.29, 0.717) is 18.2 Å². The average molecular weight is 236 g/mol. The van der Waals surface area contributed by atoms with Gasteiger partial charge in [0.25, 0.3) is 0 Å². The molecule has 17 heavy (non-hydrogen) atoms. The number of aromatic nitrogens is 3. The molecule has 2 aromatic rings. The van der Waals surface area contributed by atoms with E-state index in [4.69, 9.17) is 10.9 Å². The molecule has 0 fully saturated rings. The topological polar surface area (TPSA) is 91.7 Å². The molecule has 7 nitrogen and oxygen atoms in total. The molecule has 0 aromatic carbocycles. The van der Waals surface area contributed by atoms with E-state index in [1.807, 2.05) is 22.4 Å². The van der Waals surface area contributed by atoms with Gasteiger partial charge in [-0.25, -0.2) is 15.8 Å². The van der Waals surface area contributed by atoms with Crippen molar-refractivity contribution in [3.8, 4) is 0 Å². The Bertz CT molecular complexity index is 497. The van der Waals surface area contributed by atoms with E-state index in [1.165, 1.54) is 0 Å². The molecular formula is C10H16N6O. The summed E-state index contributed by atoms with van der Waals surface area (Å²) in [5.74, 6) is 6.65. The van der Waals surface area contributed by atoms with Crippen LogP contribution in [-0.4, -0.2) is 39.2 Å². The van der Waals surface area contributed by atoms with Crippen LogP contribution >= 0.6 is 0 Å². The monoisotopic (exact) mass is 236 g/mol. The van der Waals surface area contributed by atoms with Crippen LogP contribution in [0.4, 0.5) is 11.6 Å². The fourth-order valence-corrected chi connectivity index (χ4v) is 1.73. The summed E-state index contributed by atoms with van der Waals surface area (Å²) in [6, 6.07) is 0. The van der Waals surface area contributed by atoms with Gasteiger partial charge in [-0.15, -0.1) is 0 Å². The lowest BCUT2D eigenvalue weighted by molar-refractivity contribution is 0.302. The van der Waals surface area contributed by atoms with Crippen LogP contribution in [0.1, 0.15) is 6.92 Å². The molecule has 2 rings (SSSR count). The quantitative estimate of drug-likeness (QED) is 0.493. The molecule has 0 radical (unpaired) electrons. The highest BCUT2D eigenvalue weighted by Crippen LogP contribution is 2.19. The van der Waals surface area contributed by atoms with Gasteiger partial charge in [0.1, 0.15) is 0 Å². The minimum absolute atomic E-state index is 0.0721. The number of hydrogen-bond donors (Lipinski definition) is 3. The van der Waals surface area contributed by atoms with Crippen molar-refractivity contribution in [1.82, 2.24) is 14.4 Å². The molecule has 0 unspecified atom stereocenters. The molecule has 4 N–H and O–H groups in total. The lowest BCUT2D eigenvalue weighted by Gasteiger charge is -2.21. The fraction of sp³-hybridized carbons (Fsp3) is 0.400. The van der Waals surface area contributed by atoms with Gasteiger partial charge in [0, 0.05) is 25.5 Å². The molecule has 0 saturated heterocycles. The number of hydrogen-bond acceptors (Lipinski definition) is 6. The van der Waals surface area contributed by atoms with Crippen molar-refractivity contribution in [3.05, 3.63) is 18.6 Å². The molecule has 7 heteroatoms. The number of rotatable bonds is 5. The predicted octanol–water partition coefficient (Wildman–Crippen LogP) is -0.167. The SMILES string of the molecule is CCN(CCO)c1nc(NN)cn2ccnc12. The van der Waals surface area contributed by atoms with Crippen molar-refractivity contribution in [2.24, 2.45) is 5.84 Å². The van der Waals surface area contributed by atoms with E-state index in [9.17, 15) is 0 Å². The number of anilines is 2. The van der Waals surface area contributed by atoms with Gasteiger partial charge >= 0.3 is 0 Å². The van der Waals surface area contributed by atoms with Crippen LogP contribution in [-0.2, 0) is 0 Å². The van der Waals surface area contributed by atoms with E-state index in [0.717, 1.165) is 12.2 Å². The number of nitrogen functional groups attached to an aromatic ring is 1. The number of nitrogens with two attached hydrogens (primary N) is 1. The number of likely N-dealkylation sites (N-methyl/N-ethyl adjacent to an activating group) is 1.